The van der Waals surface area contributed by atoms with E-state index in [-0.39, 0.29) is 25.6 Å². The molecule has 0 radical (unpaired) electrons. The van der Waals surface area contributed by atoms with Crippen molar-refractivity contribution in [2.24, 2.45) is 0 Å². The first-order valence-electron chi connectivity index (χ1n) is 23.1. The van der Waals surface area contributed by atoms with Gasteiger partial charge in [0, 0.05) is 12.8 Å². The maximum atomic E-state index is 12.6. The minimum Gasteiger partial charge on any atom is -0.462 e. The number of ether oxygens (including phenoxy) is 2. The van der Waals surface area contributed by atoms with Crippen LogP contribution in [0.1, 0.15) is 233 Å². The van der Waals surface area contributed by atoms with E-state index in [1.54, 1.807) is 6.92 Å². The summed E-state index contributed by atoms with van der Waals surface area (Å²) < 4.78 is 32.7. The molecule has 0 aromatic rings. The second kappa shape index (κ2) is 42.1. The number of phosphoric ester groups is 1. The molecule has 0 aromatic heterocycles. The second-order valence-corrected chi connectivity index (χ2v) is 16.9. The lowest BCUT2D eigenvalue weighted by atomic mass is 10.0. The molecule has 0 rings (SSSR count). The molecule has 9 heteroatoms. The van der Waals surface area contributed by atoms with Gasteiger partial charge in [0.05, 0.1) is 13.2 Å². The molecule has 0 aromatic carbocycles. The maximum absolute atomic E-state index is 12.6. The van der Waals surface area contributed by atoms with Crippen LogP contribution < -0.4 is 0 Å². The van der Waals surface area contributed by atoms with Crippen LogP contribution in [0.2, 0.25) is 0 Å². The molecule has 2 atom stereocenters. The molecule has 0 bridgehead atoms. The highest BCUT2D eigenvalue weighted by Gasteiger charge is 2.25. The van der Waals surface area contributed by atoms with Gasteiger partial charge in [0.15, 0.2) is 6.10 Å². The highest BCUT2D eigenvalue weighted by molar-refractivity contribution is 7.47. The predicted molar refractivity (Wildman–Crippen MR) is 230 cm³/mol. The topological polar surface area (TPSA) is 108 Å². The van der Waals surface area contributed by atoms with Gasteiger partial charge in [-0.15, -0.1) is 0 Å². The average molecular weight is 799 g/mol. The number of carbonyl (C=O) groups excluding carboxylic acids is 2. The van der Waals surface area contributed by atoms with Crippen molar-refractivity contribution in [3.8, 4) is 0 Å². The molecule has 2 unspecified atom stereocenters. The van der Waals surface area contributed by atoms with Gasteiger partial charge in [-0.1, -0.05) is 192 Å². The summed E-state index contributed by atoms with van der Waals surface area (Å²) in [5.74, 6) is -0.792. The molecule has 55 heavy (non-hydrogen) atoms. The summed E-state index contributed by atoms with van der Waals surface area (Å²) in [5.41, 5.74) is 0. The Balaban J connectivity index is 4.02. The van der Waals surface area contributed by atoms with E-state index in [4.69, 9.17) is 18.5 Å². The van der Waals surface area contributed by atoms with E-state index in [9.17, 15) is 19.0 Å². The first-order chi connectivity index (χ1) is 26.8. The van der Waals surface area contributed by atoms with Crippen LogP contribution in [-0.4, -0.2) is 42.8 Å². The van der Waals surface area contributed by atoms with E-state index in [1.807, 2.05) is 0 Å². The zero-order valence-electron chi connectivity index (χ0n) is 36.1. The Bertz CT molecular complexity index is 952. The molecule has 0 aliphatic rings. The zero-order valence-corrected chi connectivity index (χ0v) is 37.0. The maximum Gasteiger partial charge on any atom is 0.472 e. The van der Waals surface area contributed by atoms with E-state index in [0.717, 1.165) is 44.9 Å². The summed E-state index contributed by atoms with van der Waals surface area (Å²) >= 11 is 0. The largest absolute Gasteiger partial charge is 0.472 e. The third-order valence-corrected chi connectivity index (χ3v) is 11.1. The molecule has 0 heterocycles. The molecule has 0 spiro atoms. The van der Waals surface area contributed by atoms with Crippen molar-refractivity contribution in [2.45, 2.75) is 239 Å². The van der Waals surface area contributed by atoms with Gasteiger partial charge in [-0.25, -0.2) is 4.57 Å². The van der Waals surface area contributed by atoms with E-state index in [0.29, 0.717) is 12.8 Å². The summed E-state index contributed by atoms with van der Waals surface area (Å²) in [7, 11) is -4.28. The van der Waals surface area contributed by atoms with Gasteiger partial charge in [-0.3, -0.25) is 18.6 Å². The van der Waals surface area contributed by atoms with E-state index in [2.05, 4.69) is 38.2 Å². The van der Waals surface area contributed by atoms with Crippen molar-refractivity contribution < 1.29 is 37.6 Å². The molecule has 0 saturated heterocycles. The number of hydrogen-bond donors (Lipinski definition) is 1. The van der Waals surface area contributed by atoms with Crippen molar-refractivity contribution in [3.05, 3.63) is 24.3 Å². The molecule has 0 saturated carbocycles. The van der Waals surface area contributed by atoms with Crippen molar-refractivity contribution in [3.63, 3.8) is 0 Å². The fraction of sp³-hybridized carbons (Fsp3) is 0.870. The van der Waals surface area contributed by atoms with Gasteiger partial charge in [0.25, 0.3) is 0 Å². The van der Waals surface area contributed by atoms with Crippen LogP contribution in [0.15, 0.2) is 24.3 Å². The molecule has 324 valence electrons. The molecule has 8 nitrogen and oxygen atoms in total. The highest BCUT2D eigenvalue weighted by Crippen LogP contribution is 2.43. The summed E-state index contributed by atoms with van der Waals surface area (Å²) in [4.78, 5) is 34.8. The summed E-state index contributed by atoms with van der Waals surface area (Å²) in [6, 6.07) is 0. The van der Waals surface area contributed by atoms with E-state index >= 15 is 0 Å². The van der Waals surface area contributed by atoms with E-state index < -0.39 is 26.5 Å². The smallest absolute Gasteiger partial charge is 0.462 e. The van der Waals surface area contributed by atoms with Gasteiger partial charge in [0.1, 0.15) is 6.61 Å². The molecule has 0 aliphatic carbocycles. The monoisotopic (exact) mass is 799 g/mol. The quantitative estimate of drug-likeness (QED) is 0.0281. The summed E-state index contributed by atoms with van der Waals surface area (Å²) in [6.45, 7) is 5.49. The van der Waals surface area contributed by atoms with Crippen LogP contribution in [0.4, 0.5) is 0 Å². The molecular weight excluding hydrogens is 711 g/mol. The SMILES string of the molecule is CCCCCCC/C=C\C/C=C\CCCCCCCCCCCC(=O)OC(COC(=O)CCCCCCCCCCCCCCCC)COP(=O)(O)OCC. The standard InChI is InChI=1S/C46H87O8P/c1-4-7-9-11-13-15-17-19-21-22-23-24-25-26-27-29-31-33-35-37-39-41-46(48)54-44(43-53-55(49,50)52-6-3)42-51-45(47)40-38-36-34-32-30-28-20-18-16-14-12-10-8-5-2/h17,19,22-23,44H,4-16,18,20-21,24-43H2,1-3H3,(H,49,50)/b19-17-,23-22-. The third kappa shape index (κ3) is 42.0. The highest BCUT2D eigenvalue weighted by atomic mass is 31.2. The van der Waals surface area contributed by atoms with Gasteiger partial charge < -0.3 is 14.4 Å². The number of allylic oxidation sites excluding steroid dienone is 4. The number of unbranched alkanes of at least 4 members (excludes halogenated alkanes) is 27. The minimum atomic E-state index is -4.28. The van der Waals surface area contributed by atoms with Crippen LogP contribution in [0.3, 0.4) is 0 Å². The number of rotatable bonds is 43. The fourth-order valence-corrected chi connectivity index (χ4v) is 7.36. The molecule has 1 N–H and O–H groups in total. The van der Waals surface area contributed by atoms with Gasteiger partial charge in [0.2, 0.25) is 0 Å². The van der Waals surface area contributed by atoms with Crippen LogP contribution in [0.5, 0.6) is 0 Å². The molecule has 0 amide bonds. The number of phosphoric acid groups is 1. The fourth-order valence-electron chi connectivity index (χ4n) is 6.60. The van der Waals surface area contributed by atoms with Crippen LogP contribution in [0.25, 0.3) is 0 Å². The van der Waals surface area contributed by atoms with Gasteiger partial charge in [-0.05, 0) is 51.9 Å². The van der Waals surface area contributed by atoms with Crippen molar-refractivity contribution >= 4 is 19.8 Å². The van der Waals surface area contributed by atoms with Gasteiger partial charge >= 0.3 is 19.8 Å². The lowest BCUT2D eigenvalue weighted by molar-refractivity contribution is -0.161. The van der Waals surface area contributed by atoms with Crippen LogP contribution in [0, 0.1) is 0 Å². The number of carbonyl (C=O) groups is 2. The lowest BCUT2D eigenvalue weighted by Gasteiger charge is -2.19. The molecule has 0 aliphatic heterocycles. The summed E-state index contributed by atoms with van der Waals surface area (Å²) in [6.07, 6.45) is 46.6. The van der Waals surface area contributed by atoms with Crippen molar-refractivity contribution in [1.29, 1.82) is 0 Å². The average Bonchev–Trinajstić information content (AvgIpc) is 3.16. The Kier molecular flexibility index (Phi) is 41.0. The Morgan fingerprint density at radius 2 is 0.873 bits per heavy atom. The van der Waals surface area contributed by atoms with Crippen molar-refractivity contribution in [2.75, 3.05) is 19.8 Å². The second-order valence-electron chi connectivity index (χ2n) is 15.4. The molecule has 0 fully saturated rings. The Morgan fingerprint density at radius 3 is 1.29 bits per heavy atom. The van der Waals surface area contributed by atoms with Crippen LogP contribution in [-0.2, 0) is 32.7 Å². The predicted octanol–water partition coefficient (Wildman–Crippen LogP) is 14.6. The Morgan fingerprint density at radius 1 is 0.491 bits per heavy atom. The van der Waals surface area contributed by atoms with Gasteiger partial charge in [-0.2, -0.15) is 0 Å². The first kappa shape index (κ1) is 53.5. The normalized spacial score (nSPS) is 13.5. The zero-order chi connectivity index (χ0) is 40.3. The lowest BCUT2D eigenvalue weighted by Crippen LogP contribution is -2.29. The summed E-state index contributed by atoms with van der Waals surface area (Å²) in [5, 5.41) is 0. The molecular formula is C46H87O8P. The Labute approximate surface area is 339 Å². The Hall–Kier alpha value is -1.47. The van der Waals surface area contributed by atoms with Crippen molar-refractivity contribution in [1.82, 2.24) is 0 Å². The first-order valence-corrected chi connectivity index (χ1v) is 24.6. The number of esters is 2. The van der Waals surface area contributed by atoms with Crippen LogP contribution >= 0.6 is 7.82 Å². The minimum absolute atomic E-state index is 0.00164. The number of hydrogen-bond acceptors (Lipinski definition) is 7. The third-order valence-electron chi connectivity index (χ3n) is 10.0. The van der Waals surface area contributed by atoms with E-state index in [1.165, 1.54) is 148 Å².